The third-order valence-corrected chi connectivity index (χ3v) is 6.61. The average molecular weight is 398 g/mol. The van der Waals surface area contributed by atoms with Gasteiger partial charge in [-0.3, -0.25) is 4.79 Å². The van der Waals surface area contributed by atoms with Crippen molar-refractivity contribution in [2.75, 3.05) is 0 Å². The maximum absolute atomic E-state index is 12.3. The molecule has 0 aliphatic rings. The highest BCUT2D eigenvalue weighted by molar-refractivity contribution is 7.89. The van der Waals surface area contributed by atoms with Gasteiger partial charge in [0.05, 0.1) is 9.77 Å². The number of rotatable bonds is 6. The summed E-state index contributed by atoms with van der Waals surface area (Å²) in [5.41, 5.74) is 0.646. The minimum atomic E-state index is -3.65. The quantitative estimate of drug-likeness (QED) is 0.635. The van der Waals surface area contributed by atoms with Gasteiger partial charge in [0.2, 0.25) is 15.8 Å². The summed E-state index contributed by atoms with van der Waals surface area (Å²) < 4.78 is 27.0. The Hall–Kier alpha value is -1.51. The Bertz CT molecular complexity index is 962. The Balaban J connectivity index is 1.70. The van der Waals surface area contributed by atoms with Crippen LogP contribution in [-0.2, 0) is 16.6 Å². The van der Waals surface area contributed by atoms with Crippen molar-refractivity contribution < 1.29 is 13.2 Å². The molecular weight excluding hydrogens is 386 g/mol. The van der Waals surface area contributed by atoms with E-state index in [4.69, 9.17) is 11.6 Å². The molecule has 4 nitrogen and oxygen atoms in total. The molecule has 1 aromatic carbocycles. The number of nitrogens with one attached hydrogen (secondary N) is 1. The Morgan fingerprint density at radius 3 is 2.71 bits per heavy atom. The van der Waals surface area contributed by atoms with Crippen LogP contribution in [0.1, 0.15) is 20.1 Å². The normalized spacial score (nSPS) is 11.5. The maximum atomic E-state index is 12.3. The molecule has 24 heavy (non-hydrogen) atoms. The van der Waals surface area contributed by atoms with E-state index in [0.717, 1.165) is 4.88 Å². The first-order chi connectivity index (χ1) is 11.5. The summed E-state index contributed by atoms with van der Waals surface area (Å²) in [5, 5.41) is 4.00. The molecule has 0 aliphatic carbocycles. The minimum absolute atomic E-state index is 0.0507. The van der Waals surface area contributed by atoms with E-state index >= 15 is 0 Å². The molecule has 2 heterocycles. The molecule has 0 spiro atoms. The summed E-state index contributed by atoms with van der Waals surface area (Å²) in [7, 11) is -3.65. The summed E-state index contributed by atoms with van der Waals surface area (Å²) in [5.74, 6) is -0.0507. The number of halogens is 1. The van der Waals surface area contributed by atoms with Crippen molar-refractivity contribution in [1.29, 1.82) is 0 Å². The van der Waals surface area contributed by atoms with Crippen molar-refractivity contribution >= 4 is 50.1 Å². The zero-order chi connectivity index (χ0) is 17.2. The van der Waals surface area contributed by atoms with Crippen LogP contribution in [0.2, 0.25) is 5.02 Å². The molecule has 3 rings (SSSR count). The van der Waals surface area contributed by atoms with Crippen molar-refractivity contribution in [3.63, 3.8) is 0 Å². The maximum Gasteiger partial charge on any atom is 0.240 e. The fraction of sp³-hybridized carbons (Fsp3) is 0.0625. The van der Waals surface area contributed by atoms with Crippen LogP contribution in [0.15, 0.2) is 58.1 Å². The van der Waals surface area contributed by atoms with E-state index in [-0.39, 0.29) is 17.2 Å². The zero-order valence-electron chi connectivity index (χ0n) is 12.2. The first-order valence-electron chi connectivity index (χ1n) is 6.86. The fourth-order valence-electron chi connectivity index (χ4n) is 2.01. The molecule has 0 amide bonds. The largest absolute Gasteiger partial charge is 0.288 e. The van der Waals surface area contributed by atoms with E-state index in [1.165, 1.54) is 34.8 Å². The second kappa shape index (κ2) is 7.16. The van der Waals surface area contributed by atoms with Gasteiger partial charge in [0, 0.05) is 27.4 Å². The third kappa shape index (κ3) is 3.93. The molecule has 2 aromatic heterocycles. The molecule has 0 atom stereocenters. The summed E-state index contributed by atoms with van der Waals surface area (Å²) in [4.78, 5) is 13.7. The summed E-state index contributed by atoms with van der Waals surface area (Å²) >= 11 is 8.57. The van der Waals surface area contributed by atoms with Crippen LogP contribution in [0.3, 0.4) is 0 Å². The van der Waals surface area contributed by atoms with E-state index in [0.29, 0.717) is 15.5 Å². The number of sulfonamides is 1. The number of ketones is 1. The van der Waals surface area contributed by atoms with Crippen LogP contribution in [0.5, 0.6) is 0 Å². The molecule has 0 unspecified atom stereocenters. The molecule has 1 N–H and O–H groups in total. The summed E-state index contributed by atoms with van der Waals surface area (Å²) in [6, 6.07) is 11.3. The van der Waals surface area contributed by atoms with E-state index < -0.39 is 10.0 Å². The highest BCUT2D eigenvalue weighted by Gasteiger charge is 2.16. The molecule has 0 saturated heterocycles. The molecule has 3 aromatic rings. The number of thiophene rings is 2. The number of hydrogen-bond acceptors (Lipinski definition) is 5. The molecule has 8 heteroatoms. The first-order valence-corrected chi connectivity index (χ1v) is 10.5. The Morgan fingerprint density at radius 1 is 1.17 bits per heavy atom. The van der Waals surface area contributed by atoms with Gasteiger partial charge in [-0.15, -0.1) is 11.3 Å². The predicted molar refractivity (Wildman–Crippen MR) is 97.5 cm³/mol. The van der Waals surface area contributed by atoms with E-state index in [9.17, 15) is 13.2 Å². The van der Waals surface area contributed by atoms with Gasteiger partial charge in [0.15, 0.2) is 0 Å². The smallest absolute Gasteiger partial charge is 0.240 e. The van der Waals surface area contributed by atoms with E-state index in [1.54, 1.807) is 35.7 Å². The van der Waals surface area contributed by atoms with Crippen LogP contribution in [0.25, 0.3) is 0 Å². The van der Waals surface area contributed by atoms with Gasteiger partial charge in [-0.2, -0.15) is 11.3 Å². The Labute approximate surface area is 152 Å². The highest BCUT2D eigenvalue weighted by atomic mass is 35.5. The lowest BCUT2D eigenvalue weighted by atomic mass is 10.2. The number of hydrogen-bond donors (Lipinski definition) is 1. The Kier molecular flexibility index (Phi) is 5.17. The van der Waals surface area contributed by atoms with Gasteiger partial charge in [-0.25, -0.2) is 13.1 Å². The van der Waals surface area contributed by atoms with Crippen molar-refractivity contribution in [3.05, 3.63) is 73.6 Å². The number of benzene rings is 1. The lowest BCUT2D eigenvalue weighted by Gasteiger charge is -2.05. The van der Waals surface area contributed by atoms with E-state index in [1.807, 2.05) is 5.38 Å². The fourth-order valence-corrected chi connectivity index (χ4v) is 4.96. The summed E-state index contributed by atoms with van der Waals surface area (Å²) in [6.07, 6.45) is 0. The monoisotopic (exact) mass is 397 g/mol. The van der Waals surface area contributed by atoms with Gasteiger partial charge in [0.25, 0.3) is 0 Å². The van der Waals surface area contributed by atoms with Crippen LogP contribution < -0.4 is 4.72 Å². The SMILES string of the molecule is O=C(c1ccsc1)c1ccc(CNS(=O)(=O)c2cccc(Cl)c2)s1. The lowest BCUT2D eigenvalue weighted by molar-refractivity contribution is 0.104. The van der Waals surface area contributed by atoms with E-state index in [2.05, 4.69) is 4.72 Å². The molecule has 124 valence electrons. The average Bonchev–Trinajstić information content (AvgIpc) is 3.24. The van der Waals surface area contributed by atoms with Gasteiger partial charge in [-0.1, -0.05) is 17.7 Å². The molecule has 0 fully saturated rings. The second-order valence-electron chi connectivity index (χ2n) is 4.89. The van der Waals surface area contributed by atoms with Crippen LogP contribution >= 0.6 is 34.3 Å². The van der Waals surface area contributed by atoms with Crippen LogP contribution in [0.4, 0.5) is 0 Å². The second-order valence-corrected chi connectivity index (χ2v) is 9.04. The zero-order valence-corrected chi connectivity index (χ0v) is 15.4. The summed E-state index contributed by atoms with van der Waals surface area (Å²) in [6.45, 7) is 0.121. The van der Waals surface area contributed by atoms with Crippen molar-refractivity contribution in [1.82, 2.24) is 4.72 Å². The topological polar surface area (TPSA) is 63.2 Å². The lowest BCUT2D eigenvalue weighted by Crippen LogP contribution is -2.22. The highest BCUT2D eigenvalue weighted by Crippen LogP contribution is 2.22. The van der Waals surface area contributed by atoms with Crippen molar-refractivity contribution in [2.45, 2.75) is 11.4 Å². The Morgan fingerprint density at radius 2 is 2.00 bits per heavy atom. The minimum Gasteiger partial charge on any atom is -0.288 e. The third-order valence-electron chi connectivity index (χ3n) is 3.21. The molecule has 0 saturated carbocycles. The standard InChI is InChI=1S/C16H12ClNO3S3/c17-12-2-1-3-14(8-12)24(20,21)18-9-13-4-5-15(23-13)16(19)11-6-7-22-10-11/h1-8,10,18H,9H2. The molecular formula is C16H12ClNO3S3. The van der Waals surface area contributed by atoms with Gasteiger partial charge in [0.1, 0.15) is 0 Å². The van der Waals surface area contributed by atoms with Crippen LogP contribution in [-0.4, -0.2) is 14.2 Å². The van der Waals surface area contributed by atoms with Crippen molar-refractivity contribution in [3.8, 4) is 0 Å². The molecule has 0 bridgehead atoms. The predicted octanol–water partition coefficient (Wildman–Crippen LogP) is 4.17. The molecule has 0 radical (unpaired) electrons. The van der Waals surface area contributed by atoms with Gasteiger partial charge in [-0.05, 0) is 41.8 Å². The number of carbonyl (C=O) groups is 1. The molecule has 0 aliphatic heterocycles. The van der Waals surface area contributed by atoms with Crippen molar-refractivity contribution in [2.24, 2.45) is 0 Å². The van der Waals surface area contributed by atoms with Gasteiger partial charge < -0.3 is 0 Å². The first kappa shape index (κ1) is 17.3. The number of carbonyl (C=O) groups excluding carboxylic acids is 1. The van der Waals surface area contributed by atoms with Crippen LogP contribution in [0, 0.1) is 0 Å². The van der Waals surface area contributed by atoms with Gasteiger partial charge >= 0.3 is 0 Å².